The number of methoxy groups -OCH3 is 1. The quantitative estimate of drug-likeness (QED) is 0.339. The Kier molecular flexibility index (Phi) is 5.97. The van der Waals surface area contributed by atoms with Gasteiger partial charge in [-0.1, -0.05) is 18.2 Å². The summed E-state index contributed by atoms with van der Waals surface area (Å²) in [5, 5.41) is 9.36. The van der Waals surface area contributed by atoms with Gasteiger partial charge in [0, 0.05) is 11.1 Å². The minimum absolute atomic E-state index is 0.271. The second-order valence-electron chi connectivity index (χ2n) is 7.99. The van der Waals surface area contributed by atoms with Crippen molar-refractivity contribution < 1.29 is 18.7 Å². The van der Waals surface area contributed by atoms with E-state index in [4.69, 9.17) is 9.47 Å². The van der Waals surface area contributed by atoms with E-state index in [0.717, 1.165) is 22.2 Å². The van der Waals surface area contributed by atoms with E-state index in [1.54, 1.807) is 31.3 Å². The molecule has 0 saturated carbocycles. The van der Waals surface area contributed by atoms with Crippen LogP contribution in [-0.2, 0) is 16.1 Å². The van der Waals surface area contributed by atoms with Crippen LogP contribution in [0.2, 0.25) is 0 Å². The number of fused-ring (bicyclic) bond motifs is 2. The summed E-state index contributed by atoms with van der Waals surface area (Å²) in [5.74, 6) is 0.252. The Balaban J connectivity index is 1.45. The highest BCUT2D eigenvalue weighted by Gasteiger charge is 2.18. The van der Waals surface area contributed by atoms with Crippen molar-refractivity contribution in [3.8, 4) is 5.75 Å². The van der Waals surface area contributed by atoms with Gasteiger partial charge in [0.15, 0.2) is 6.10 Å². The Morgan fingerprint density at radius 2 is 1.97 bits per heavy atom. The number of nitrogens with one attached hydrogen (secondary N) is 1. The van der Waals surface area contributed by atoms with Crippen LogP contribution in [0.15, 0.2) is 73.2 Å². The van der Waals surface area contributed by atoms with Crippen LogP contribution in [0.4, 0.5) is 15.9 Å². The average molecular weight is 471 g/mol. The molecule has 35 heavy (non-hydrogen) atoms. The molecule has 0 radical (unpaired) electrons. The van der Waals surface area contributed by atoms with Crippen molar-refractivity contribution in [3.63, 3.8) is 0 Å². The van der Waals surface area contributed by atoms with Crippen LogP contribution in [0.1, 0.15) is 12.5 Å². The Bertz CT molecular complexity index is 1530. The Hall–Kier alpha value is -4.53. The highest BCUT2D eigenvalue weighted by atomic mass is 19.1. The largest absolute Gasteiger partial charge is 0.478 e. The molecule has 2 heterocycles. The van der Waals surface area contributed by atoms with E-state index in [1.807, 2.05) is 35.0 Å². The molecule has 0 saturated heterocycles. The van der Waals surface area contributed by atoms with Gasteiger partial charge in [0.05, 0.1) is 36.3 Å². The number of hydrogen-bond acceptors (Lipinski definition) is 7. The fourth-order valence-corrected chi connectivity index (χ4v) is 3.91. The second-order valence-corrected chi connectivity index (χ2v) is 7.99. The molecule has 0 amide bonds. The Morgan fingerprint density at radius 3 is 2.80 bits per heavy atom. The molecule has 8 nitrogen and oxygen atoms in total. The fourth-order valence-electron chi connectivity index (χ4n) is 3.91. The molecule has 1 N–H and O–H groups in total. The minimum Gasteiger partial charge on any atom is -0.478 e. The molecule has 5 rings (SSSR count). The summed E-state index contributed by atoms with van der Waals surface area (Å²) in [4.78, 5) is 20.6. The van der Waals surface area contributed by atoms with Crippen LogP contribution in [0.25, 0.3) is 21.8 Å². The summed E-state index contributed by atoms with van der Waals surface area (Å²) in [5.41, 5.74) is 3.21. The summed E-state index contributed by atoms with van der Waals surface area (Å²) < 4.78 is 26.0. The SMILES string of the molecule is COC(=O)[C@H](C)Oc1cccc2ncnc(Nc3ccc4c(cnn4Cc4cccc(F)c4)c3)c12. The molecule has 3 aromatic carbocycles. The second kappa shape index (κ2) is 9.38. The third-order valence-electron chi connectivity index (χ3n) is 5.59. The van der Waals surface area contributed by atoms with Gasteiger partial charge in [-0.2, -0.15) is 5.10 Å². The van der Waals surface area contributed by atoms with Gasteiger partial charge < -0.3 is 14.8 Å². The van der Waals surface area contributed by atoms with E-state index in [2.05, 4.69) is 20.4 Å². The number of aromatic nitrogens is 4. The normalized spacial score (nSPS) is 12.0. The van der Waals surface area contributed by atoms with Gasteiger partial charge in [-0.25, -0.2) is 19.2 Å². The number of anilines is 2. The van der Waals surface area contributed by atoms with Crippen LogP contribution in [0, 0.1) is 5.82 Å². The fraction of sp³-hybridized carbons (Fsp3) is 0.154. The summed E-state index contributed by atoms with van der Waals surface area (Å²) in [7, 11) is 1.32. The lowest BCUT2D eigenvalue weighted by molar-refractivity contribution is -0.147. The molecule has 2 aromatic heterocycles. The van der Waals surface area contributed by atoms with Gasteiger partial charge in [-0.15, -0.1) is 0 Å². The first-order chi connectivity index (χ1) is 17.0. The van der Waals surface area contributed by atoms with Crippen molar-refractivity contribution in [1.29, 1.82) is 0 Å². The van der Waals surface area contributed by atoms with Gasteiger partial charge in [0.1, 0.15) is 23.7 Å². The number of halogens is 1. The third kappa shape index (κ3) is 4.61. The minimum atomic E-state index is -0.793. The standard InChI is InChI=1S/C26H22FN5O3/c1-16(26(33)34-2)35-23-8-4-7-21-24(23)25(29-15-28-21)31-20-9-10-22-18(12-20)13-30-32(22)14-17-5-3-6-19(27)11-17/h3-13,15-16H,14H2,1-2H3,(H,28,29,31)/t16-/m0/s1. The van der Waals surface area contributed by atoms with E-state index in [0.29, 0.717) is 29.0 Å². The van der Waals surface area contributed by atoms with Gasteiger partial charge in [-0.3, -0.25) is 4.68 Å². The molecule has 9 heteroatoms. The molecule has 5 aromatic rings. The van der Waals surface area contributed by atoms with Gasteiger partial charge in [0.25, 0.3) is 0 Å². The number of hydrogen-bond donors (Lipinski definition) is 1. The van der Waals surface area contributed by atoms with Crippen LogP contribution >= 0.6 is 0 Å². The summed E-state index contributed by atoms with van der Waals surface area (Å²) in [6.45, 7) is 2.08. The van der Waals surface area contributed by atoms with E-state index in [-0.39, 0.29) is 5.82 Å². The van der Waals surface area contributed by atoms with E-state index in [1.165, 1.54) is 25.6 Å². The molecule has 1 atom stereocenters. The zero-order valence-electron chi connectivity index (χ0n) is 19.1. The van der Waals surface area contributed by atoms with Crippen molar-refractivity contribution in [2.45, 2.75) is 19.6 Å². The summed E-state index contributed by atoms with van der Waals surface area (Å²) in [6.07, 6.45) is 2.44. The summed E-state index contributed by atoms with van der Waals surface area (Å²) in [6, 6.07) is 17.7. The molecular formula is C26H22FN5O3. The molecule has 0 bridgehead atoms. The van der Waals surface area contributed by atoms with Crippen LogP contribution < -0.4 is 10.1 Å². The Labute approximate surface area is 200 Å². The van der Waals surface area contributed by atoms with Crippen molar-refractivity contribution in [1.82, 2.24) is 19.7 Å². The maximum absolute atomic E-state index is 13.6. The first kappa shape index (κ1) is 22.3. The number of carbonyl (C=O) groups is 1. The molecule has 0 aliphatic rings. The lowest BCUT2D eigenvalue weighted by Gasteiger charge is -2.16. The molecule has 0 unspecified atom stereocenters. The first-order valence-corrected chi connectivity index (χ1v) is 11.0. The van der Waals surface area contributed by atoms with Crippen LogP contribution in [-0.4, -0.2) is 38.9 Å². The zero-order chi connectivity index (χ0) is 24.4. The molecule has 176 valence electrons. The van der Waals surface area contributed by atoms with Gasteiger partial charge >= 0.3 is 5.97 Å². The van der Waals surface area contributed by atoms with E-state index < -0.39 is 12.1 Å². The number of ether oxygens (including phenoxy) is 2. The first-order valence-electron chi connectivity index (χ1n) is 11.0. The number of esters is 1. The predicted molar refractivity (Wildman–Crippen MR) is 130 cm³/mol. The molecule has 0 fully saturated rings. The third-order valence-corrected chi connectivity index (χ3v) is 5.59. The number of nitrogens with zero attached hydrogens (tertiary/aromatic N) is 4. The highest BCUT2D eigenvalue weighted by molar-refractivity contribution is 5.96. The number of rotatable bonds is 7. The Morgan fingerprint density at radius 1 is 1.11 bits per heavy atom. The average Bonchev–Trinajstić information content (AvgIpc) is 3.25. The van der Waals surface area contributed by atoms with Crippen LogP contribution in [0.5, 0.6) is 5.75 Å². The predicted octanol–water partition coefficient (Wildman–Crippen LogP) is 4.85. The molecule has 0 aliphatic carbocycles. The van der Waals surface area contributed by atoms with Crippen molar-refractivity contribution in [2.75, 3.05) is 12.4 Å². The highest BCUT2D eigenvalue weighted by Crippen LogP contribution is 2.33. The monoisotopic (exact) mass is 471 g/mol. The molecule has 0 spiro atoms. The number of benzene rings is 3. The lowest BCUT2D eigenvalue weighted by Crippen LogP contribution is -2.25. The maximum Gasteiger partial charge on any atom is 0.346 e. The van der Waals surface area contributed by atoms with Crippen LogP contribution in [0.3, 0.4) is 0 Å². The molecular weight excluding hydrogens is 449 g/mol. The van der Waals surface area contributed by atoms with E-state index >= 15 is 0 Å². The van der Waals surface area contributed by atoms with Gasteiger partial charge in [0.2, 0.25) is 0 Å². The van der Waals surface area contributed by atoms with Crippen molar-refractivity contribution in [2.24, 2.45) is 0 Å². The summed E-state index contributed by atoms with van der Waals surface area (Å²) >= 11 is 0. The van der Waals surface area contributed by atoms with Gasteiger partial charge in [-0.05, 0) is 55.0 Å². The van der Waals surface area contributed by atoms with E-state index in [9.17, 15) is 9.18 Å². The topological polar surface area (TPSA) is 91.2 Å². The number of carbonyl (C=O) groups excluding carboxylic acids is 1. The molecule has 0 aliphatic heterocycles. The van der Waals surface area contributed by atoms with Crippen molar-refractivity contribution in [3.05, 3.63) is 84.6 Å². The maximum atomic E-state index is 13.6. The smallest absolute Gasteiger partial charge is 0.346 e. The lowest BCUT2D eigenvalue weighted by atomic mass is 10.2. The zero-order valence-corrected chi connectivity index (χ0v) is 19.1. The van der Waals surface area contributed by atoms with Crippen molar-refractivity contribution >= 4 is 39.3 Å².